The summed E-state index contributed by atoms with van der Waals surface area (Å²) < 4.78 is 29.4. The molecule has 0 spiro atoms. The Morgan fingerprint density at radius 2 is 1.71 bits per heavy atom. The van der Waals surface area contributed by atoms with E-state index in [1.807, 2.05) is 33.9 Å². The van der Waals surface area contributed by atoms with E-state index in [1.54, 1.807) is 0 Å². The zero-order valence-electron chi connectivity index (χ0n) is 9.47. The van der Waals surface area contributed by atoms with E-state index in [0.717, 1.165) is 0 Å². The minimum absolute atomic E-state index is 0.0190. The predicted molar refractivity (Wildman–Crippen MR) is 55.2 cm³/mol. The highest BCUT2D eigenvalue weighted by molar-refractivity contribution is 6.74. The molecule has 0 radical (unpaired) electrons. The normalized spacial score (nSPS) is 16.1. The molecule has 0 saturated carbocycles. The minimum atomic E-state index is -2.72. The molecule has 0 saturated heterocycles. The maximum Gasteiger partial charge on any atom is 0.266 e. The van der Waals surface area contributed by atoms with Crippen LogP contribution in [0.4, 0.5) is 8.78 Å². The molecule has 0 bridgehead atoms. The maximum atomic E-state index is 12.0. The molecule has 0 heterocycles. The van der Waals surface area contributed by atoms with E-state index in [9.17, 15) is 8.78 Å². The Labute approximate surface area is 85.4 Å². The van der Waals surface area contributed by atoms with E-state index in [-0.39, 0.29) is 11.6 Å². The van der Waals surface area contributed by atoms with Crippen molar-refractivity contribution in [1.29, 1.82) is 0 Å². The van der Waals surface area contributed by atoms with Gasteiger partial charge in [0.1, 0.15) is 6.10 Å². The molecule has 1 atom stereocenters. The van der Waals surface area contributed by atoms with Gasteiger partial charge in [-0.3, -0.25) is 0 Å². The number of rotatable bonds is 4. The van der Waals surface area contributed by atoms with Crippen LogP contribution < -0.4 is 0 Å². The van der Waals surface area contributed by atoms with Gasteiger partial charge in [0, 0.05) is 0 Å². The molecule has 5 heteroatoms. The van der Waals surface area contributed by atoms with E-state index in [1.165, 1.54) is 0 Å². The fourth-order valence-electron chi connectivity index (χ4n) is 0.583. The monoisotopic (exact) mass is 226 g/mol. The number of aliphatic hydroxyl groups excluding tert-OH is 1. The Bertz CT molecular complexity index is 178. The Morgan fingerprint density at radius 1 is 1.29 bits per heavy atom. The highest BCUT2D eigenvalue weighted by Gasteiger charge is 2.38. The number of aliphatic hydroxyl groups is 1. The van der Waals surface area contributed by atoms with Crippen molar-refractivity contribution in [2.45, 2.75) is 51.4 Å². The van der Waals surface area contributed by atoms with Gasteiger partial charge in [-0.05, 0) is 18.1 Å². The molecule has 0 rings (SSSR count). The molecule has 86 valence electrons. The summed E-state index contributed by atoms with van der Waals surface area (Å²) in [5, 5.41) is 8.88. The third-order valence-electron chi connectivity index (χ3n) is 2.71. The quantitative estimate of drug-likeness (QED) is 0.747. The second kappa shape index (κ2) is 4.68. The van der Waals surface area contributed by atoms with Crippen LogP contribution in [0.5, 0.6) is 0 Å². The summed E-state index contributed by atoms with van der Waals surface area (Å²) in [5.41, 5.74) is 0. The summed E-state index contributed by atoms with van der Waals surface area (Å²) >= 11 is 0. The van der Waals surface area contributed by atoms with Crippen LogP contribution in [0.15, 0.2) is 0 Å². The molecule has 2 nitrogen and oxygen atoms in total. The van der Waals surface area contributed by atoms with Gasteiger partial charge in [0.2, 0.25) is 0 Å². The van der Waals surface area contributed by atoms with Crippen LogP contribution in [0.1, 0.15) is 20.8 Å². The van der Waals surface area contributed by atoms with Gasteiger partial charge in [-0.1, -0.05) is 20.8 Å². The lowest BCUT2D eigenvalue weighted by Gasteiger charge is -2.36. The molecule has 0 aliphatic heterocycles. The Kier molecular flexibility index (Phi) is 4.68. The van der Waals surface area contributed by atoms with Crippen LogP contribution in [-0.4, -0.2) is 32.6 Å². The van der Waals surface area contributed by atoms with Crippen LogP contribution in [0, 0.1) is 0 Å². The zero-order valence-corrected chi connectivity index (χ0v) is 10.5. The SMILES string of the molecule is CC(C)(C)[Si](C)(C)OC[C@H](O)C(F)F. The highest BCUT2D eigenvalue weighted by Crippen LogP contribution is 2.36. The molecule has 0 fully saturated rings. The van der Waals surface area contributed by atoms with Crippen LogP contribution in [0.2, 0.25) is 18.1 Å². The van der Waals surface area contributed by atoms with Gasteiger partial charge in [0.25, 0.3) is 6.43 Å². The van der Waals surface area contributed by atoms with Gasteiger partial charge in [0.05, 0.1) is 6.61 Å². The van der Waals surface area contributed by atoms with Crippen molar-refractivity contribution in [2.75, 3.05) is 6.61 Å². The lowest BCUT2D eigenvalue weighted by Crippen LogP contribution is -2.43. The Balaban J connectivity index is 4.13. The molecule has 0 aromatic carbocycles. The first-order valence-electron chi connectivity index (χ1n) is 4.68. The average molecular weight is 226 g/mol. The Hall–Kier alpha value is -0.00312. The molecule has 0 amide bonds. The van der Waals surface area contributed by atoms with Crippen LogP contribution in [-0.2, 0) is 4.43 Å². The maximum absolute atomic E-state index is 12.0. The van der Waals surface area contributed by atoms with Gasteiger partial charge in [0.15, 0.2) is 8.32 Å². The summed E-state index contributed by atoms with van der Waals surface area (Å²) in [5.74, 6) is 0. The van der Waals surface area contributed by atoms with Gasteiger partial charge >= 0.3 is 0 Å². The van der Waals surface area contributed by atoms with Gasteiger partial charge in [-0.2, -0.15) is 0 Å². The smallest absolute Gasteiger partial charge is 0.266 e. The van der Waals surface area contributed by atoms with Gasteiger partial charge in [-0.15, -0.1) is 0 Å². The lowest BCUT2D eigenvalue weighted by molar-refractivity contribution is -0.0310. The zero-order chi connectivity index (χ0) is 11.6. The summed E-state index contributed by atoms with van der Waals surface area (Å²) in [6.45, 7) is 9.72. The third-order valence-corrected chi connectivity index (χ3v) is 7.21. The summed E-state index contributed by atoms with van der Waals surface area (Å²) in [6, 6.07) is 0. The van der Waals surface area contributed by atoms with Crippen molar-refractivity contribution in [3.63, 3.8) is 0 Å². The van der Waals surface area contributed by atoms with E-state index in [4.69, 9.17) is 9.53 Å². The predicted octanol–water partition coefficient (Wildman–Crippen LogP) is 2.63. The van der Waals surface area contributed by atoms with E-state index in [0.29, 0.717) is 0 Å². The lowest BCUT2D eigenvalue weighted by atomic mass is 10.2. The minimum Gasteiger partial charge on any atom is -0.414 e. The first-order valence-corrected chi connectivity index (χ1v) is 7.59. The number of alkyl halides is 2. The molecule has 0 aromatic rings. The fourth-order valence-corrected chi connectivity index (χ4v) is 1.60. The molecular formula is C9H20F2O2Si. The molecule has 0 aliphatic rings. The van der Waals surface area contributed by atoms with E-state index < -0.39 is 20.8 Å². The van der Waals surface area contributed by atoms with Gasteiger partial charge in [-0.25, -0.2) is 8.78 Å². The summed E-state index contributed by atoms with van der Waals surface area (Å²) in [7, 11) is -2.01. The fraction of sp³-hybridized carbons (Fsp3) is 1.00. The van der Waals surface area contributed by atoms with Crippen molar-refractivity contribution < 1.29 is 18.3 Å². The topological polar surface area (TPSA) is 29.5 Å². The van der Waals surface area contributed by atoms with Crippen molar-refractivity contribution in [3.8, 4) is 0 Å². The summed E-state index contributed by atoms with van der Waals surface area (Å²) in [6.07, 6.45) is -4.39. The second-order valence-electron chi connectivity index (χ2n) is 4.97. The summed E-state index contributed by atoms with van der Waals surface area (Å²) in [4.78, 5) is 0. The van der Waals surface area contributed by atoms with E-state index in [2.05, 4.69) is 0 Å². The van der Waals surface area contributed by atoms with Crippen molar-refractivity contribution >= 4 is 8.32 Å². The Morgan fingerprint density at radius 3 is 2.00 bits per heavy atom. The second-order valence-corrected chi connectivity index (χ2v) is 9.78. The molecule has 0 unspecified atom stereocenters. The molecule has 1 N–H and O–H groups in total. The van der Waals surface area contributed by atoms with E-state index >= 15 is 0 Å². The first-order chi connectivity index (χ1) is 6.08. The van der Waals surface area contributed by atoms with Crippen molar-refractivity contribution in [1.82, 2.24) is 0 Å². The van der Waals surface area contributed by atoms with Gasteiger partial charge < -0.3 is 9.53 Å². The largest absolute Gasteiger partial charge is 0.414 e. The first kappa shape index (κ1) is 14.0. The number of hydrogen-bond acceptors (Lipinski definition) is 2. The molecule has 0 aliphatic carbocycles. The standard InChI is InChI=1S/C9H20F2O2Si/c1-9(2,3)14(4,5)13-6-7(12)8(10)11/h7-8,12H,6H2,1-5H3/t7-/m0/s1. The highest BCUT2D eigenvalue weighted by atomic mass is 28.4. The molecular weight excluding hydrogens is 206 g/mol. The van der Waals surface area contributed by atoms with Crippen molar-refractivity contribution in [2.24, 2.45) is 0 Å². The molecule has 14 heavy (non-hydrogen) atoms. The third kappa shape index (κ3) is 4.02. The van der Waals surface area contributed by atoms with Crippen LogP contribution >= 0.6 is 0 Å². The average Bonchev–Trinajstić information content (AvgIpc) is 1.97. The van der Waals surface area contributed by atoms with Crippen LogP contribution in [0.25, 0.3) is 0 Å². The number of hydrogen-bond donors (Lipinski definition) is 1. The number of halogens is 2. The van der Waals surface area contributed by atoms with Crippen molar-refractivity contribution in [3.05, 3.63) is 0 Å². The van der Waals surface area contributed by atoms with Crippen LogP contribution in [0.3, 0.4) is 0 Å². The molecule has 0 aromatic heterocycles.